The zero-order valence-corrected chi connectivity index (χ0v) is 34.9. The van der Waals surface area contributed by atoms with E-state index in [1.807, 2.05) is 17.0 Å². The quantitative estimate of drug-likeness (QED) is 0.227. The average Bonchev–Trinajstić information content (AvgIpc) is 4.20. The molecule has 2 saturated carbocycles. The third kappa shape index (κ3) is 11.5. The standard InChI is InChI=1S/C23H29FN4O2.C16H19FN4.C6H11NO3/c24-20-3-4-21(23-22(20)25-5-6-26-23)28-13-16(11-18(14-28)17-1-2-17)12-19(29)15-27-7-9-30-10-8-27;17-13-3-4-14(16-15(13)19-5-6-20-16)21-8-11(10-1-2-10)7-12(18)9-21;8-6(9)5-7-1-3-10-4-2-7/h3-6,16-18H,1-2,7-15H2;3-6,10-12H,1-2,7-9,18H2;1-5H2,(H,8,9). The van der Waals surface area contributed by atoms with Crippen molar-refractivity contribution in [3.8, 4) is 0 Å². The predicted octanol–water partition coefficient (Wildman–Crippen LogP) is 4.65. The van der Waals surface area contributed by atoms with Gasteiger partial charge in [0, 0.05) is 89.6 Å². The molecule has 14 nitrogen and oxygen atoms in total. The first-order chi connectivity index (χ1) is 29.7. The lowest BCUT2D eigenvalue weighted by Gasteiger charge is -2.40. The predicted molar refractivity (Wildman–Crippen MR) is 228 cm³/mol. The van der Waals surface area contributed by atoms with E-state index in [-0.39, 0.29) is 24.2 Å². The van der Waals surface area contributed by atoms with Gasteiger partial charge in [-0.15, -0.1) is 0 Å². The van der Waals surface area contributed by atoms with Crippen LogP contribution in [0.25, 0.3) is 22.1 Å². The highest BCUT2D eigenvalue weighted by atomic mass is 19.1. The van der Waals surface area contributed by atoms with Crippen molar-refractivity contribution in [1.29, 1.82) is 0 Å². The summed E-state index contributed by atoms with van der Waals surface area (Å²) in [4.78, 5) is 48.8. The van der Waals surface area contributed by atoms with Crippen LogP contribution < -0.4 is 15.5 Å². The summed E-state index contributed by atoms with van der Waals surface area (Å²) in [5.74, 6) is 2.08. The molecular weight excluding hydrogens is 785 g/mol. The van der Waals surface area contributed by atoms with Crippen LogP contribution in [0, 0.1) is 41.2 Å². The van der Waals surface area contributed by atoms with Crippen LogP contribution in [-0.4, -0.2) is 145 Å². The number of aromatic nitrogens is 4. The minimum Gasteiger partial charge on any atom is -0.480 e. The molecule has 2 aliphatic carbocycles. The van der Waals surface area contributed by atoms with Gasteiger partial charge in [-0.3, -0.25) is 29.4 Å². The van der Waals surface area contributed by atoms with Gasteiger partial charge in [0.2, 0.25) is 0 Å². The second kappa shape index (κ2) is 20.1. The number of Topliss-reactive ketones (excluding diaryl/α,β-unsaturated/α-hetero) is 1. The topological polar surface area (TPSA) is 163 Å². The van der Waals surface area contributed by atoms with Crippen LogP contribution in [0.15, 0.2) is 49.1 Å². The smallest absolute Gasteiger partial charge is 0.317 e. The number of anilines is 2. The molecule has 328 valence electrons. The van der Waals surface area contributed by atoms with Crippen LogP contribution in [0.4, 0.5) is 20.2 Å². The highest BCUT2D eigenvalue weighted by Gasteiger charge is 2.39. The third-order valence-corrected chi connectivity index (χ3v) is 12.9. The van der Waals surface area contributed by atoms with Crippen LogP contribution in [0.2, 0.25) is 0 Å². The number of morpholine rings is 2. The molecule has 4 saturated heterocycles. The Bertz CT molecular complexity index is 2110. The van der Waals surface area contributed by atoms with Crippen LogP contribution in [0.3, 0.4) is 0 Å². The second-order valence-electron chi connectivity index (χ2n) is 17.7. The van der Waals surface area contributed by atoms with Crippen molar-refractivity contribution in [2.45, 2.75) is 51.0 Å². The molecule has 0 spiro atoms. The molecule has 16 heteroatoms. The summed E-state index contributed by atoms with van der Waals surface area (Å²) >= 11 is 0. The number of carboxylic acid groups (broad SMARTS) is 1. The summed E-state index contributed by atoms with van der Waals surface area (Å²) < 4.78 is 38.6. The molecule has 0 amide bonds. The van der Waals surface area contributed by atoms with E-state index in [4.69, 9.17) is 20.3 Å². The number of halogens is 2. The van der Waals surface area contributed by atoms with E-state index in [0.717, 1.165) is 88.4 Å². The Balaban J connectivity index is 0.000000143. The maximum absolute atomic E-state index is 14.2. The maximum atomic E-state index is 14.2. The largest absolute Gasteiger partial charge is 0.480 e. The van der Waals surface area contributed by atoms with Gasteiger partial charge in [-0.05, 0) is 92.4 Å². The lowest BCUT2D eigenvalue weighted by Crippen LogP contribution is -2.47. The van der Waals surface area contributed by atoms with E-state index in [9.17, 15) is 18.4 Å². The summed E-state index contributed by atoms with van der Waals surface area (Å²) in [5, 5.41) is 8.38. The number of aliphatic carboxylic acids is 1. The SMILES string of the molecule is NC1CC(C2CC2)CN(c2ccc(F)c3nccnc23)C1.O=C(CC1CC(C2CC2)CN(c2ccc(F)c3nccnc23)C1)CN1CCOCC1.O=C(O)CN1CCOCC1. The maximum Gasteiger partial charge on any atom is 0.317 e. The molecular formula is C45H59F2N9O5. The van der Waals surface area contributed by atoms with Crippen molar-refractivity contribution in [3.05, 3.63) is 60.7 Å². The number of carbonyl (C=O) groups excluding carboxylic acids is 1. The summed E-state index contributed by atoms with van der Waals surface area (Å²) in [7, 11) is 0. The van der Waals surface area contributed by atoms with Gasteiger partial charge in [0.05, 0.1) is 50.9 Å². The van der Waals surface area contributed by atoms with E-state index in [2.05, 4.69) is 34.6 Å². The Morgan fingerprint density at radius 3 is 1.57 bits per heavy atom. The first kappa shape index (κ1) is 43.2. The van der Waals surface area contributed by atoms with Gasteiger partial charge in [-0.2, -0.15) is 0 Å². The Hall–Kier alpha value is -4.48. The second-order valence-corrected chi connectivity index (χ2v) is 17.7. The van der Waals surface area contributed by atoms with Gasteiger partial charge in [-0.25, -0.2) is 18.7 Å². The summed E-state index contributed by atoms with van der Waals surface area (Å²) in [5.41, 5.74) is 10.1. The molecule has 6 aliphatic rings. The average molecular weight is 844 g/mol. The van der Waals surface area contributed by atoms with Crippen molar-refractivity contribution in [3.63, 3.8) is 0 Å². The van der Waals surface area contributed by atoms with Gasteiger partial charge in [-0.1, -0.05) is 0 Å². The Morgan fingerprint density at radius 2 is 1.08 bits per heavy atom. The van der Waals surface area contributed by atoms with Crippen LogP contribution in [0.5, 0.6) is 0 Å². The first-order valence-corrected chi connectivity index (χ1v) is 22.1. The molecule has 6 heterocycles. The number of carboxylic acids is 1. The number of nitrogens with zero attached hydrogens (tertiary/aromatic N) is 8. The number of ketones is 1. The molecule has 2 aromatic heterocycles. The van der Waals surface area contributed by atoms with E-state index < -0.39 is 5.97 Å². The number of hydrogen-bond acceptors (Lipinski definition) is 13. The van der Waals surface area contributed by atoms with Gasteiger partial charge in [0.25, 0.3) is 0 Å². The third-order valence-electron chi connectivity index (χ3n) is 12.9. The fraction of sp³-hybridized carbons (Fsp3) is 0.600. The number of benzene rings is 2. The molecule has 3 N–H and O–H groups in total. The molecule has 0 bridgehead atoms. The van der Waals surface area contributed by atoms with Crippen LogP contribution in [0.1, 0.15) is 44.9 Å². The molecule has 4 aliphatic heterocycles. The van der Waals surface area contributed by atoms with E-state index in [1.54, 1.807) is 12.4 Å². The lowest BCUT2D eigenvalue weighted by atomic mass is 9.83. The number of fused-ring (bicyclic) bond motifs is 2. The molecule has 61 heavy (non-hydrogen) atoms. The monoisotopic (exact) mass is 843 g/mol. The minimum absolute atomic E-state index is 0.142. The summed E-state index contributed by atoms with van der Waals surface area (Å²) in [6, 6.07) is 6.80. The fourth-order valence-corrected chi connectivity index (χ4v) is 9.66. The van der Waals surface area contributed by atoms with Gasteiger partial charge in [0.1, 0.15) is 27.9 Å². The van der Waals surface area contributed by atoms with E-state index in [1.165, 1.54) is 50.2 Å². The van der Waals surface area contributed by atoms with Gasteiger partial charge < -0.3 is 30.1 Å². The van der Waals surface area contributed by atoms with Gasteiger partial charge in [0.15, 0.2) is 11.6 Å². The van der Waals surface area contributed by atoms with Crippen molar-refractivity contribution in [2.24, 2.45) is 35.3 Å². The van der Waals surface area contributed by atoms with E-state index in [0.29, 0.717) is 85.0 Å². The molecule has 4 unspecified atom stereocenters. The number of ether oxygens (including phenoxy) is 2. The number of carbonyl (C=O) groups is 2. The summed E-state index contributed by atoms with van der Waals surface area (Å²) in [6.45, 7) is 10.2. The zero-order valence-electron chi connectivity index (χ0n) is 34.9. The molecule has 6 fully saturated rings. The highest BCUT2D eigenvalue weighted by molar-refractivity contribution is 5.89. The summed E-state index contributed by atoms with van der Waals surface area (Å²) in [6.07, 6.45) is 14.4. The van der Waals surface area contributed by atoms with Gasteiger partial charge >= 0.3 is 5.97 Å². The number of rotatable bonds is 10. The van der Waals surface area contributed by atoms with Crippen molar-refractivity contribution in [1.82, 2.24) is 29.7 Å². The van der Waals surface area contributed by atoms with Crippen molar-refractivity contribution >= 4 is 45.2 Å². The molecule has 4 atom stereocenters. The number of nitrogens with two attached hydrogens (primary N) is 1. The Morgan fingerprint density at radius 1 is 0.623 bits per heavy atom. The number of piperidine rings is 2. The molecule has 4 aromatic rings. The van der Waals surface area contributed by atoms with Crippen molar-refractivity contribution in [2.75, 3.05) is 102 Å². The normalized spacial score (nSPS) is 25.0. The lowest BCUT2D eigenvalue weighted by molar-refractivity contribution is -0.139. The van der Waals surface area contributed by atoms with Crippen LogP contribution in [-0.2, 0) is 19.1 Å². The number of hydrogen-bond donors (Lipinski definition) is 2. The van der Waals surface area contributed by atoms with E-state index >= 15 is 0 Å². The zero-order chi connectivity index (χ0) is 42.3. The van der Waals surface area contributed by atoms with Crippen LogP contribution >= 0.6 is 0 Å². The molecule has 2 aromatic carbocycles. The van der Waals surface area contributed by atoms with Crippen molar-refractivity contribution < 1.29 is 33.0 Å². The minimum atomic E-state index is -0.762. The first-order valence-electron chi connectivity index (χ1n) is 22.1. The molecule has 10 rings (SSSR count). The fourth-order valence-electron chi connectivity index (χ4n) is 9.66. The molecule has 0 radical (unpaired) electrons. The highest BCUT2D eigenvalue weighted by Crippen LogP contribution is 2.45. The Kier molecular flexibility index (Phi) is 14.3. The Labute approximate surface area is 355 Å².